The van der Waals surface area contributed by atoms with Crippen LogP contribution in [-0.2, 0) is 0 Å². The van der Waals surface area contributed by atoms with Crippen LogP contribution in [0.3, 0.4) is 0 Å². The van der Waals surface area contributed by atoms with E-state index in [9.17, 15) is 0 Å². The fourth-order valence-electron chi connectivity index (χ4n) is 2.56. The van der Waals surface area contributed by atoms with Gasteiger partial charge >= 0.3 is 0 Å². The largest absolute Gasteiger partial charge is 0.324 e. The first-order valence-electron chi connectivity index (χ1n) is 6.81. The van der Waals surface area contributed by atoms with Gasteiger partial charge in [-0.15, -0.1) is 0 Å². The van der Waals surface area contributed by atoms with Crippen molar-refractivity contribution in [3.63, 3.8) is 0 Å². The summed E-state index contributed by atoms with van der Waals surface area (Å²) in [7, 11) is 0. The van der Waals surface area contributed by atoms with E-state index in [1.165, 1.54) is 30.4 Å². The van der Waals surface area contributed by atoms with Crippen LogP contribution in [0.15, 0.2) is 24.3 Å². The topological polar surface area (TPSA) is 26.0 Å². The Kier molecular flexibility index (Phi) is 3.58. The zero-order valence-electron chi connectivity index (χ0n) is 11.4. The number of nitrogens with two attached hydrogens (primary N) is 1. The summed E-state index contributed by atoms with van der Waals surface area (Å²) >= 11 is 0. The minimum Gasteiger partial charge on any atom is -0.324 e. The van der Waals surface area contributed by atoms with Gasteiger partial charge in [0.05, 0.1) is 0 Å². The molecule has 1 aromatic rings. The molecule has 0 spiro atoms. The van der Waals surface area contributed by atoms with Gasteiger partial charge in [-0.25, -0.2) is 0 Å². The number of benzene rings is 1. The van der Waals surface area contributed by atoms with Gasteiger partial charge in [0.1, 0.15) is 0 Å². The molecule has 0 aromatic heterocycles. The van der Waals surface area contributed by atoms with Crippen LogP contribution in [-0.4, -0.2) is 0 Å². The molecule has 0 aliphatic heterocycles. The zero-order valence-corrected chi connectivity index (χ0v) is 11.4. The van der Waals surface area contributed by atoms with Crippen molar-refractivity contribution in [1.29, 1.82) is 0 Å². The lowest BCUT2D eigenvalue weighted by molar-refractivity contribution is 0.342. The maximum Gasteiger partial charge on any atom is 0.0299 e. The second-order valence-corrected chi connectivity index (χ2v) is 6.67. The van der Waals surface area contributed by atoms with Crippen LogP contribution in [0.2, 0.25) is 0 Å². The molecule has 2 rings (SSSR count). The SMILES string of the molecule is CC(C)(C)CC(N)c1cccc(C2CCC2)c1. The predicted octanol–water partition coefficient (Wildman–Crippen LogP) is 4.39. The smallest absolute Gasteiger partial charge is 0.0299 e. The van der Waals surface area contributed by atoms with E-state index in [0.29, 0.717) is 5.41 Å². The quantitative estimate of drug-likeness (QED) is 0.820. The van der Waals surface area contributed by atoms with Crippen LogP contribution in [0.5, 0.6) is 0 Å². The molecule has 1 aliphatic carbocycles. The molecule has 1 aliphatic rings. The molecule has 2 N–H and O–H groups in total. The van der Waals surface area contributed by atoms with Crippen LogP contribution in [0, 0.1) is 5.41 Å². The van der Waals surface area contributed by atoms with E-state index in [2.05, 4.69) is 45.0 Å². The number of hydrogen-bond acceptors (Lipinski definition) is 1. The highest BCUT2D eigenvalue weighted by atomic mass is 14.6. The van der Waals surface area contributed by atoms with E-state index >= 15 is 0 Å². The van der Waals surface area contributed by atoms with E-state index in [-0.39, 0.29) is 6.04 Å². The summed E-state index contributed by atoms with van der Waals surface area (Å²) in [6.07, 6.45) is 5.15. The molecule has 1 unspecified atom stereocenters. The second kappa shape index (κ2) is 4.81. The van der Waals surface area contributed by atoms with Gasteiger partial charge in [-0.2, -0.15) is 0 Å². The molecule has 0 saturated heterocycles. The number of hydrogen-bond donors (Lipinski definition) is 1. The average molecular weight is 231 g/mol. The molecule has 94 valence electrons. The molecule has 0 radical (unpaired) electrons. The molecule has 0 amide bonds. The van der Waals surface area contributed by atoms with Crippen LogP contribution in [0.25, 0.3) is 0 Å². The first kappa shape index (κ1) is 12.6. The third-order valence-electron chi connectivity index (χ3n) is 3.75. The Bertz CT molecular complexity index is 371. The fourth-order valence-corrected chi connectivity index (χ4v) is 2.56. The molecule has 1 fully saturated rings. The molecule has 1 heteroatoms. The van der Waals surface area contributed by atoms with E-state index in [0.717, 1.165) is 12.3 Å². The molecule has 17 heavy (non-hydrogen) atoms. The summed E-state index contributed by atoms with van der Waals surface area (Å²) in [6.45, 7) is 6.76. The summed E-state index contributed by atoms with van der Waals surface area (Å²) in [5.74, 6) is 0.803. The van der Waals surface area contributed by atoms with E-state index < -0.39 is 0 Å². The summed E-state index contributed by atoms with van der Waals surface area (Å²) in [6, 6.07) is 9.12. The summed E-state index contributed by atoms with van der Waals surface area (Å²) in [5, 5.41) is 0. The van der Waals surface area contributed by atoms with Gasteiger partial charge in [0.15, 0.2) is 0 Å². The Morgan fingerprint density at radius 3 is 2.53 bits per heavy atom. The molecular weight excluding hydrogens is 206 g/mol. The van der Waals surface area contributed by atoms with Crippen LogP contribution >= 0.6 is 0 Å². The first-order chi connectivity index (χ1) is 7.96. The van der Waals surface area contributed by atoms with Crippen LogP contribution < -0.4 is 5.73 Å². The van der Waals surface area contributed by atoms with Crippen LogP contribution in [0.1, 0.15) is 69.5 Å². The van der Waals surface area contributed by atoms with Crippen LogP contribution in [0.4, 0.5) is 0 Å². The Hall–Kier alpha value is -0.820. The van der Waals surface area contributed by atoms with Gasteiger partial charge in [0.25, 0.3) is 0 Å². The van der Waals surface area contributed by atoms with Gasteiger partial charge < -0.3 is 5.73 Å². The highest BCUT2D eigenvalue weighted by molar-refractivity contribution is 5.29. The maximum atomic E-state index is 6.31. The lowest BCUT2D eigenvalue weighted by atomic mass is 9.78. The molecule has 0 bridgehead atoms. The molecular formula is C16H25N. The standard InChI is InChI=1S/C16H25N/c1-16(2,3)11-15(17)14-9-5-8-13(10-14)12-6-4-7-12/h5,8-10,12,15H,4,6-7,11,17H2,1-3H3. The molecule has 1 aromatic carbocycles. The van der Waals surface area contributed by atoms with Crippen molar-refractivity contribution in [2.45, 2.75) is 58.4 Å². The summed E-state index contributed by atoms with van der Waals surface area (Å²) in [4.78, 5) is 0. The van der Waals surface area contributed by atoms with Gasteiger partial charge in [0, 0.05) is 6.04 Å². The van der Waals surface area contributed by atoms with Crippen molar-refractivity contribution in [1.82, 2.24) is 0 Å². The number of rotatable bonds is 3. The lowest BCUT2D eigenvalue weighted by Crippen LogP contribution is -2.19. The Morgan fingerprint density at radius 1 is 1.29 bits per heavy atom. The molecule has 1 nitrogen and oxygen atoms in total. The molecule has 1 saturated carbocycles. The zero-order chi connectivity index (χ0) is 12.5. The van der Waals surface area contributed by atoms with Crippen molar-refractivity contribution in [3.05, 3.63) is 35.4 Å². The lowest BCUT2D eigenvalue weighted by Gasteiger charge is -2.28. The maximum absolute atomic E-state index is 6.31. The monoisotopic (exact) mass is 231 g/mol. The summed E-state index contributed by atoms with van der Waals surface area (Å²) in [5.41, 5.74) is 9.41. The van der Waals surface area contributed by atoms with Crippen molar-refractivity contribution in [2.75, 3.05) is 0 Å². The fraction of sp³-hybridized carbons (Fsp3) is 0.625. The molecule has 0 heterocycles. The van der Waals surface area contributed by atoms with Crippen molar-refractivity contribution in [2.24, 2.45) is 11.1 Å². The normalized spacial score (nSPS) is 18.8. The Labute approximate surface area is 105 Å². The van der Waals surface area contributed by atoms with E-state index in [1.807, 2.05) is 0 Å². The van der Waals surface area contributed by atoms with Gasteiger partial charge in [0.2, 0.25) is 0 Å². The Balaban J connectivity index is 2.09. The van der Waals surface area contributed by atoms with Crippen molar-refractivity contribution < 1.29 is 0 Å². The minimum atomic E-state index is 0.176. The minimum absolute atomic E-state index is 0.176. The van der Waals surface area contributed by atoms with E-state index in [4.69, 9.17) is 5.73 Å². The average Bonchev–Trinajstić information content (AvgIpc) is 2.12. The van der Waals surface area contributed by atoms with Gasteiger partial charge in [-0.05, 0) is 41.7 Å². The molecule has 1 atom stereocenters. The predicted molar refractivity (Wildman–Crippen MR) is 74.0 cm³/mol. The van der Waals surface area contributed by atoms with Crippen molar-refractivity contribution >= 4 is 0 Å². The summed E-state index contributed by atoms with van der Waals surface area (Å²) < 4.78 is 0. The third-order valence-corrected chi connectivity index (χ3v) is 3.75. The van der Waals surface area contributed by atoms with E-state index in [1.54, 1.807) is 0 Å². The Morgan fingerprint density at radius 2 is 2.00 bits per heavy atom. The highest BCUT2D eigenvalue weighted by Crippen LogP contribution is 2.37. The van der Waals surface area contributed by atoms with Crippen molar-refractivity contribution in [3.8, 4) is 0 Å². The van der Waals surface area contributed by atoms with Gasteiger partial charge in [-0.3, -0.25) is 0 Å². The first-order valence-corrected chi connectivity index (χ1v) is 6.81. The third kappa shape index (κ3) is 3.32. The second-order valence-electron chi connectivity index (χ2n) is 6.67. The van der Waals surface area contributed by atoms with Gasteiger partial charge in [-0.1, -0.05) is 51.5 Å². The highest BCUT2D eigenvalue weighted by Gasteiger charge is 2.21.